The number of nitrogens with one attached hydrogen (secondary N) is 1. The molecular weight excluding hydrogens is 737 g/mol. The number of fused-ring (bicyclic) bond motifs is 10. The van der Waals surface area contributed by atoms with Crippen molar-refractivity contribution in [3.8, 4) is 22.4 Å². The number of thiophene rings is 1. The number of hydrogen-bond donors (Lipinski definition) is 1. The minimum atomic E-state index is -0.311. The maximum atomic E-state index is 5.50. The second-order valence-electron chi connectivity index (χ2n) is 16.5. The van der Waals surface area contributed by atoms with Crippen molar-refractivity contribution < 1.29 is 0 Å². The SMILES string of the molecule is CC1(C)c2ccc(-c3ccc4c(c3)sc3ccccc34)cc2-c2nc(C3=CCNC=C3)nc(C3=CCC/C=C(\n4c5ccccc5c5cc6ccccc6cc54)C=C3)c21. The van der Waals surface area contributed by atoms with Crippen LogP contribution in [0.1, 0.15) is 49.3 Å². The third-order valence-electron chi connectivity index (χ3n) is 12.7. The third kappa shape index (κ3) is 5.35. The number of nitrogens with zero attached hydrogens (tertiary/aromatic N) is 3. The topological polar surface area (TPSA) is 42.7 Å². The second kappa shape index (κ2) is 13.1. The first-order valence-corrected chi connectivity index (χ1v) is 21.4. The summed E-state index contributed by atoms with van der Waals surface area (Å²) < 4.78 is 5.09. The molecule has 0 fully saturated rings. The zero-order valence-corrected chi connectivity index (χ0v) is 33.8. The second-order valence-corrected chi connectivity index (χ2v) is 17.6. The fourth-order valence-corrected chi connectivity index (χ4v) is 10.9. The maximum absolute atomic E-state index is 5.50. The van der Waals surface area contributed by atoms with E-state index < -0.39 is 0 Å². The van der Waals surface area contributed by atoms with Gasteiger partial charge >= 0.3 is 0 Å². The first kappa shape index (κ1) is 34.2. The summed E-state index contributed by atoms with van der Waals surface area (Å²) in [5, 5.41) is 11.0. The van der Waals surface area contributed by atoms with Crippen LogP contribution in [0.25, 0.3) is 92.0 Å². The summed E-state index contributed by atoms with van der Waals surface area (Å²) >= 11 is 1.87. The van der Waals surface area contributed by atoms with Crippen LogP contribution in [0.5, 0.6) is 0 Å². The molecule has 0 amide bonds. The first-order valence-electron chi connectivity index (χ1n) is 20.6. The average molecular weight is 777 g/mol. The number of dihydropyridines is 1. The van der Waals surface area contributed by atoms with Gasteiger partial charge in [0.15, 0.2) is 5.82 Å². The fraction of sp³-hybridized carbons (Fsp3) is 0.111. The number of allylic oxidation sites excluding steroid dienone is 8. The highest BCUT2D eigenvalue weighted by atomic mass is 32.1. The van der Waals surface area contributed by atoms with Gasteiger partial charge in [0.2, 0.25) is 0 Å². The summed E-state index contributed by atoms with van der Waals surface area (Å²) in [5.74, 6) is 0.763. The molecule has 12 rings (SSSR count). The molecule has 4 nitrogen and oxygen atoms in total. The van der Waals surface area contributed by atoms with Crippen LogP contribution in [0.4, 0.5) is 0 Å². The van der Waals surface area contributed by atoms with Crippen LogP contribution in [0, 0.1) is 0 Å². The Hall–Kier alpha value is -6.82. The summed E-state index contributed by atoms with van der Waals surface area (Å²) in [6, 6.07) is 44.9. The molecule has 0 bridgehead atoms. The molecule has 0 spiro atoms. The molecule has 4 heterocycles. The lowest BCUT2D eigenvalue weighted by molar-refractivity contribution is 0.652. The molecular formula is C54H40N4S. The summed E-state index contributed by atoms with van der Waals surface area (Å²) in [4.78, 5) is 10.9. The highest BCUT2D eigenvalue weighted by molar-refractivity contribution is 7.25. The Balaban J connectivity index is 1.01. The largest absolute Gasteiger partial charge is 0.387 e. The van der Waals surface area contributed by atoms with Gasteiger partial charge in [0.1, 0.15) is 0 Å². The summed E-state index contributed by atoms with van der Waals surface area (Å²) in [5.41, 5.74) is 13.6. The minimum Gasteiger partial charge on any atom is -0.387 e. The molecule has 2 aliphatic carbocycles. The van der Waals surface area contributed by atoms with Crippen molar-refractivity contribution in [2.24, 2.45) is 0 Å². The van der Waals surface area contributed by atoms with Crippen LogP contribution in [-0.2, 0) is 5.41 Å². The van der Waals surface area contributed by atoms with Gasteiger partial charge < -0.3 is 9.88 Å². The molecule has 3 aromatic heterocycles. The zero-order valence-electron chi connectivity index (χ0n) is 33.0. The number of para-hydroxylation sites is 1. The van der Waals surface area contributed by atoms with Gasteiger partial charge in [-0.15, -0.1) is 11.3 Å². The van der Waals surface area contributed by atoms with Crippen LogP contribution in [0.2, 0.25) is 0 Å². The molecule has 3 aliphatic rings. The standard InChI is InChI=1S/C54H40N4S/c1-54(2)45-24-21-37(38-20-23-42-41-16-8-10-18-48(41)59-49(42)32-38)30-44(45)52-50(54)51(56-53(57-52)34-25-27-55-28-26-34)33-11-5-6-14-39(22-19-33)58-46-17-9-7-15-40(46)43-29-35-12-3-4-13-36(35)31-47(43)58/h3-4,7-27,29-32,55H,5-6,28H2,1-2H3/b22-19?,33-11?,39-14-. The molecule has 0 saturated carbocycles. The zero-order chi connectivity index (χ0) is 39.2. The molecule has 282 valence electrons. The van der Waals surface area contributed by atoms with Gasteiger partial charge in [-0.25, -0.2) is 9.97 Å². The van der Waals surface area contributed by atoms with Crippen molar-refractivity contribution in [2.75, 3.05) is 6.54 Å². The number of benzene rings is 6. The van der Waals surface area contributed by atoms with Gasteiger partial charge in [-0.2, -0.15) is 0 Å². The van der Waals surface area contributed by atoms with Gasteiger partial charge in [0.05, 0.1) is 22.4 Å². The van der Waals surface area contributed by atoms with Gasteiger partial charge in [0, 0.05) is 65.3 Å². The fourth-order valence-electron chi connectivity index (χ4n) is 9.77. The Morgan fingerprint density at radius 3 is 2.22 bits per heavy atom. The van der Waals surface area contributed by atoms with E-state index in [-0.39, 0.29) is 5.41 Å². The van der Waals surface area contributed by atoms with E-state index in [9.17, 15) is 0 Å². The van der Waals surface area contributed by atoms with Crippen LogP contribution >= 0.6 is 11.3 Å². The Kier molecular flexibility index (Phi) is 7.60. The molecule has 0 atom stereocenters. The van der Waals surface area contributed by atoms with Crippen molar-refractivity contribution in [1.29, 1.82) is 0 Å². The van der Waals surface area contributed by atoms with Gasteiger partial charge in [0.25, 0.3) is 0 Å². The maximum Gasteiger partial charge on any atom is 0.160 e. The summed E-state index contributed by atoms with van der Waals surface area (Å²) in [6.45, 7) is 5.44. The Morgan fingerprint density at radius 1 is 0.593 bits per heavy atom. The van der Waals surface area contributed by atoms with Crippen molar-refractivity contribution in [2.45, 2.75) is 32.1 Å². The molecule has 5 heteroatoms. The van der Waals surface area contributed by atoms with E-state index in [2.05, 4.69) is 182 Å². The van der Waals surface area contributed by atoms with Crippen LogP contribution in [0.15, 0.2) is 164 Å². The Bertz CT molecular complexity index is 3420. The lowest BCUT2D eigenvalue weighted by Gasteiger charge is -2.24. The molecule has 0 saturated heterocycles. The van der Waals surface area contributed by atoms with E-state index >= 15 is 0 Å². The van der Waals surface area contributed by atoms with Crippen LogP contribution in [0.3, 0.4) is 0 Å². The number of aromatic nitrogens is 3. The molecule has 9 aromatic rings. The van der Waals surface area contributed by atoms with Crippen molar-refractivity contribution in [3.05, 3.63) is 187 Å². The lowest BCUT2D eigenvalue weighted by atomic mass is 9.80. The molecule has 1 aliphatic heterocycles. The Morgan fingerprint density at radius 2 is 1.34 bits per heavy atom. The first-order chi connectivity index (χ1) is 29.0. The van der Waals surface area contributed by atoms with Gasteiger partial charge in [-0.1, -0.05) is 123 Å². The lowest BCUT2D eigenvalue weighted by Crippen LogP contribution is -2.19. The van der Waals surface area contributed by atoms with E-state index in [0.717, 1.165) is 47.7 Å². The van der Waals surface area contributed by atoms with Crippen molar-refractivity contribution in [1.82, 2.24) is 19.9 Å². The van der Waals surface area contributed by atoms with Crippen LogP contribution < -0.4 is 5.32 Å². The third-order valence-corrected chi connectivity index (χ3v) is 13.8. The van der Waals surface area contributed by atoms with Gasteiger partial charge in [-0.05, 0) is 101 Å². The van der Waals surface area contributed by atoms with Gasteiger partial charge in [-0.3, -0.25) is 0 Å². The number of hydrogen-bond acceptors (Lipinski definition) is 4. The molecule has 0 radical (unpaired) electrons. The monoisotopic (exact) mass is 776 g/mol. The van der Waals surface area contributed by atoms with E-state index in [0.29, 0.717) is 0 Å². The molecule has 59 heavy (non-hydrogen) atoms. The van der Waals surface area contributed by atoms with E-state index in [1.54, 1.807) is 0 Å². The van der Waals surface area contributed by atoms with E-state index in [1.807, 2.05) is 17.5 Å². The highest BCUT2D eigenvalue weighted by Gasteiger charge is 2.40. The predicted octanol–water partition coefficient (Wildman–Crippen LogP) is 13.9. The Labute approximate surface area is 346 Å². The van der Waals surface area contributed by atoms with E-state index in [4.69, 9.17) is 9.97 Å². The molecule has 1 N–H and O–H groups in total. The quantitative estimate of drug-likeness (QED) is 0.194. The molecule has 6 aromatic carbocycles. The van der Waals surface area contributed by atoms with Crippen LogP contribution in [-0.4, -0.2) is 21.1 Å². The number of rotatable bonds is 4. The van der Waals surface area contributed by atoms with Crippen molar-refractivity contribution >= 4 is 80.9 Å². The minimum absolute atomic E-state index is 0.311. The van der Waals surface area contributed by atoms with Crippen molar-refractivity contribution in [3.63, 3.8) is 0 Å². The normalized spacial score (nSPS) is 16.7. The molecule has 0 unspecified atom stereocenters. The summed E-state index contributed by atoms with van der Waals surface area (Å²) in [7, 11) is 0. The summed E-state index contributed by atoms with van der Waals surface area (Å²) in [6.07, 6.45) is 17.5. The highest BCUT2D eigenvalue weighted by Crippen LogP contribution is 2.52. The smallest absolute Gasteiger partial charge is 0.160 e. The average Bonchev–Trinajstić information content (AvgIpc) is 3.87. The predicted molar refractivity (Wildman–Crippen MR) is 251 cm³/mol. The van der Waals surface area contributed by atoms with E-state index in [1.165, 1.54) is 86.3 Å².